The van der Waals surface area contributed by atoms with Gasteiger partial charge in [0.15, 0.2) is 5.92 Å². The molecule has 0 radical (unpaired) electrons. The number of nitriles is 2. The van der Waals surface area contributed by atoms with E-state index in [1.54, 1.807) is 37.3 Å². The lowest BCUT2D eigenvalue weighted by atomic mass is 9.73. The van der Waals surface area contributed by atoms with Crippen LogP contribution in [0.4, 0.5) is 0 Å². The molecule has 0 saturated carbocycles. The normalized spacial score (nSPS) is 13.2. The molecule has 17 heavy (non-hydrogen) atoms. The Balaban J connectivity index is 3.37. The third-order valence-corrected chi connectivity index (χ3v) is 2.82. The lowest BCUT2D eigenvalue weighted by Crippen LogP contribution is -2.40. The maximum atomic E-state index is 11.9. The zero-order chi connectivity index (χ0) is 12.9. The van der Waals surface area contributed by atoms with Crippen LogP contribution in [-0.2, 0) is 14.9 Å². The van der Waals surface area contributed by atoms with Crippen LogP contribution in [0.3, 0.4) is 0 Å². The first-order valence-corrected chi connectivity index (χ1v) is 5.04. The first kappa shape index (κ1) is 12.7. The molecule has 0 aliphatic heterocycles. The molecule has 0 amide bonds. The Morgan fingerprint density at radius 1 is 1.29 bits per heavy atom. The number of hydrogen-bond acceptors (Lipinski definition) is 4. The highest BCUT2D eigenvalue weighted by Gasteiger charge is 2.44. The van der Waals surface area contributed by atoms with Gasteiger partial charge in [0.2, 0.25) is 0 Å². The highest BCUT2D eigenvalue weighted by Crippen LogP contribution is 2.33. The van der Waals surface area contributed by atoms with Crippen molar-refractivity contribution < 1.29 is 9.53 Å². The zero-order valence-corrected chi connectivity index (χ0v) is 9.68. The summed E-state index contributed by atoms with van der Waals surface area (Å²) in [6.07, 6.45) is 0. The summed E-state index contributed by atoms with van der Waals surface area (Å²) in [5.41, 5.74) is -0.667. The molecular formula is C13H12N2O2. The van der Waals surface area contributed by atoms with Gasteiger partial charge in [0, 0.05) is 0 Å². The average molecular weight is 228 g/mol. The molecule has 0 aliphatic rings. The second-order valence-corrected chi connectivity index (χ2v) is 3.75. The summed E-state index contributed by atoms with van der Waals surface area (Å²) in [5, 5.41) is 18.0. The summed E-state index contributed by atoms with van der Waals surface area (Å²) in [7, 11) is 1.25. The molecular weight excluding hydrogens is 216 g/mol. The molecule has 0 spiro atoms. The number of hydrogen-bond donors (Lipinski definition) is 0. The molecule has 0 aromatic heterocycles. The minimum atomic E-state index is -1.26. The van der Waals surface area contributed by atoms with Crippen molar-refractivity contribution in [2.24, 2.45) is 5.92 Å². The summed E-state index contributed by atoms with van der Waals surface area (Å²) in [5.74, 6) is -1.67. The first-order chi connectivity index (χ1) is 8.11. The van der Waals surface area contributed by atoms with Crippen LogP contribution in [0.25, 0.3) is 0 Å². The van der Waals surface area contributed by atoms with Crippen molar-refractivity contribution in [3.63, 3.8) is 0 Å². The van der Waals surface area contributed by atoms with Crippen LogP contribution in [-0.4, -0.2) is 13.1 Å². The van der Waals surface area contributed by atoms with Gasteiger partial charge in [0.05, 0.1) is 19.2 Å². The molecule has 1 atom stereocenters. The molecule has 0 saturated heterocycles. The first-order valence-electron chi connectivity index (χ1n) is 5.04. The highest BCUT2D eigenvalue weighted by molar-refractivity contribution is 5.84. The summed E-state index contributed by atoms with van der Waals surface area (Å²) in [4.78, 5) is 11.9. The quantitative estimate of drug-likeness (QED) is 0.739. The maximum Gasteiger partial charge on any atom is 0.318 e. The van der Waals surface area contributed by atoms with Gasteiger partial charge < -0.3 is 4.74 Å². The molecule has 1 unspecified atom stereocenters. The fourth-order valence-electron chi connectivity index (χ4n) is 1.69. The van der Waals surface area contributed by atoms with E-state index in [2.05, 4.69) is 0 Å². The van der Waals surface area contributed by atoms with Crippen LogP contribution in [0.15, 0.2) is 30.3 Å². The van der Waals surface area contributed by atoms with Gasteiger partial charge in [0.1, 0.15) is 5.41 Å². The van der Waals surface area contributed by atoms with Crippen molar-refractivity contribution in [2.45, 2.75) is 12.3 Å². The molecule has 0 aliphatic carbocycles. The standard InChI is InChI=1S/C13H12N2O2/c1-13(12(16)17-2,11(8-14)9-15)10-6-4-3-5-7-10/h3-7,11H,1-2H3. The fraction of sp³-hybridized carbons (Fsp3) is 0.308. The number of carbonyl (C=O) groups is 1. The molecule has 0 bridgehead atoms. The van der Waals surface area contributed by atoms with Gasteiger partial charge in [-0.1, -0.05) is 30.3 Å². The van der Waals surface area contributed by atoms with Crippen LogP contribution in [0.2, 0.25) is 0 Å². The predicted molar refractivity (Wildman–Crippen MR) is 60.5 cm³/mol. The molecule has 0 fully saturated rings. The SMILES string of the molecule is COC(=O)C(C)(c1ccccc1)C(C#N)C#N. The summed E-state index contributed by atoms with van der Waals surface area (Å²) in [6.45, 7) is 1.55. The van der Waals surface area contributed by atoms with Crippen molar-refractivity contribution in [1.29, 1.82) is 10.5 Å². The fourth-order valence-corrected chi connectivity index (χ4v) is 1.69. The van der Waals surface area contributed by atoms with Crippen molar-refractivity contribution in [3.05, 3.63) is 35.9 Å². The summed E-state index contributed by atoms with van der Waals surface area (Å²) < 4.78 is 4.71. The minimum absolute atomic E-state index is 0.586. The smallest absolute Gasteiger partial charge is 0.318 e. The lowest BCUT2D eigenvalue weighted by Gasteiger charge is -2.27. The number of rotatable bonds is 3. The highest BCUT2D eigenvalue weighted by atomic mass is 16.5. The van der Waals surface area contributed by atoms with E-state index in [9.17, 15) is 4.79 Å². The minimum Gasteiger partial charge on any atom is -0.468 e. The second kappa shape index (κ2) is 5.14. The van der Waals surface area contributed by atoms with Crippen molar-refractivity contribution in [1.82, 2.24) is 0 Å². The van der Waals surface area contributed by atoms with E-state index in [0.29, 0.717) is 5.56 Å². The number of carbonyl (C=O) groups excluding carboxylic acids is 1. The monoisotopic (exact) mass is 228 g/mol. The van der Waals surface area contributed by atoms with E-state index in [1.165, 1.54) is 7.11 Å². The van der Waals surface area contributed by atoms with Gasteiger partial charge in [-0.2, -0.15) is 10.5 Å². The van der Waals surface area contributed by atoms with E-state index in [4.69, 9.17) is 15.3 Å². The molecule has 86 valence electrons. The molecule has 1 aromatic rings. The predicted octanol–water partition coefficient (Wildman–Crippen LogP) is 1.78. The molecule has 1 rings (SSSR count). The van der Waals surface area contributed by atoms with Crippen molar-refractivity contribution in [2.75, 3.05) is 7.11 Å². The number of nitrogens with zero attached hydrogens (tertiary/aromatic N) is 2. The van der Waals surface area contributed by atoms with Gasteiger partial charge in [-0.3, -0.25) is 4.79 Å². The van der Waals surface area contributed by atoms with Crippen molar-refractivity contribution in [3.8, 4) is 12.1 Å². The van der Waals surface area contributed by atoms with E-state index in [-0.39, 0.29) is 0 Å². The third kappa shape index (κ3) is 2.11. The zero-order valence-electron chi connectivity index (χ0n) is 9.68. The molecule has 0 N–H and O–H groups in total. The third-order valence-electron chi connectivity index (χ3n) is 2.82. The average Bonchev–Trinajstić information content (AvgIpc) is 2.39. The molecule has 4 nitrogen and oxygen atoms in total. The van der Waals surface area contributed by atoms with Gasteiger partial charge in [0.25, 0.3) is 0 Å². The lowest BCUT2D eigenvalue weighted by molar-refractivity contribution is -0.147. The summed E-state index contributed by atoms with van der Waals surface area (Å²) in [6, 6.07) is 12.4. The maximum absolute atomic E-state index is 11.9. The molecule has 0 heterocycles. The van der Waals surface area contributed by atoms with Crippen LogP contribution in [0.5, 0.6) is 0 Å². The van der Waals surface area contributed by atoms with E-state index in [1.807, 2.05) is 12.1 Å². The van der Waals surface area contributed by atoms with Crippen molar-refractivity contribution >= 4 is 5.97 Å². The summed E-state index contributed by atoms with van der Waals surface area (Å²) >= 11 is 0. The van der Waals surface area contributed by atoms with E-state index >= 15 is 0 Å². The van der Waals surface area contributed by atoms with Gasteiger partial charge >= 0.3 is 5.97 Å². The van der Waals surface area contributed by atoms with E-state index < -0.39 is 17.3 Å². The number of ether oxygens (including phenoxy) is 1. The van der Waals surface area contributed by atoms with Gasteiger partial charge in [-0.15, -0.1) is 0 Å². The Morgan fingerprint density at radius 2 is 1.82 bits per heavy atom. The van der Waals surface area contributed by atoms with E-state index in [0.717, 1.165) is 0 Å². The largest absolute Gasteiger partial charge is 0.468 e. The Morgan fingerprint density at radius 3 is 2.24 bits per heavy atom. The van der Waals surface area contributed by atoms with Crippen LogP contribution in [0, 0.1) is 28.6 Å². The number of methoxy groups -OCH3 is 1. The Labute approximate surface area is 100 Å². The topological polar surface area (TPSA) is 73.9 Å². The number of benzene rings is 1. The van der Waals surface area contributed by atoms with Gasteiger partial charge in [-0.25, -0.2) is 0 Å². The Hall–Kier alpha value is -2.33. The Kier molecular flexibility index (Phi) is 3.85. The number of esters is 1. The van der Waals surface area contributed by atoms with Gasteiger partial charge in [-0.05, 0) is 12.5 Å². The second-order valence-electron chi connectivity index (χ2n) is 3.75. The molecule has 1 aromatic carbocycles. The van der Waals surface area contributed by atoms with Crippen LogP contribution >= 0.6 is 0 Å². The van der Waals surface area contributed by atoms with Crippen LogP contribution in [0.1, 0.15) is 12.5 Å². The van der Waals surface area contributed by atoms with Crippen LogP contribution < -0.4 is 0 Å². The Bertz CT molecular complexity index is 470. The molecule has 4 heteroatoms.